The fraction of sp³-hybridized carbons (Fsp3) is 0.375. The third-order valence-corrected chi connectivity index (χ3v) is 6.79. The lowest BCUT2D eigenvalue weighted by Gasteiger charge is -2.31. The zero-order valence-corrected chi connectivity index (χ0v) is 19.7. The predicted octanol–water partition coefficient (Wildman–Crippen LogP) is 3.17. The first-order chi connectivity index (χ1) is 15.7. The largest absolute Gasteiger partial charge is 0.376 e. The Hall–Kier alpha value is -2.59. The molecule has 2 aromatic carbocycles. The highest BCUT2D eigenvalue weighted by molar-refractivity contribution is 7.89. The molecule has 7 nitrogen and oxygen atoms in total. The van der Waals surface area contributed by atoms with Crippen molar-refractivity contribution in [1.29, 1.82) is 0 Å². The lowest BCUT2D eigenvalue weighted by atomic mass is 10.1. The summed E-state index contributed by atoms with van der Waals surface area (Å²) in [4.78, 5) is 2.02. The SMILES string of the molecule is CCC1CN(Cc2cc(Cc3ccc(C)cc3)n(-c3ccc(S(N)(=O)=O)cc3F)n2)CCO1. The quantitative estimate of drug-likeness (QED) is 0.570. The van der Waals surface area contributed by atoms with E-state index in [1.165, 1.54) is 12.1 Å². The van der Waals surface area contributed by atoms with Crippen molar-refractivity contribution in [3.8, 4) is 5.69 Å². The molecule has 9 heteroatoms. The second-order valence-corrected chi connectivity index (χ2v) is 10.1. The van der Waals surface area contributed by atoms with Crippen molar-refractivity contribution in [2.45, 2.75) is 44.2 Å². The number of hydrogen-bond donors (Lipinski definition) is 1. The Morgan fingerprint density at radius 2 is 1.94 bits per heavy atom. The number of hydrogen-bond acceptors (Lipinski definition) is 5. The molecule has 1 aromatic heterocycles. The van der Waals surface area contributed by atoms with E-state index >= 15 is 0 Å². The Labute approximate surface area is 194 Å². The number of rotatable bonds is 7. The summed E-state index contributed by atoms with van der Waals surface area (Å²) in [6, 6.07) is 13.8. The van der Waals surface area contributed by atoms with E-state index in [2.05, 4.69) is 11.8 Å². The molecule has 2 heterocycles. The minimum absolute atomic E-state index is 0.184. The normalized spacial score (nSPS) is 17.4. The van der Waals surface area contributed by atoms with Crippen molar-refractivity contribution in [3.05, 3.63) is 76.9 Å². The van der Waals surface area contributed by atoms with Crippen molar-refractivity contribution < 1.29 is 17.5 Å². The fourth-order valence-electron chi connectivity index (χ4n) is 4.04. The van der Waals surface area contributed by atoms with E-state index < -0.39 is 15.8 Å². The van der Waals surface area contributed by atoms with Gasteiger partial charge in [-0.1, -0.05) is 36.8 Å². The Morgan fingerprint density at radius 1 is 1.18 bits per heavy atom. The summed E-state index contributed by atoms with van der Waals surface area (Å²) in [7, 11) is -4.00. The van der Waals surface area contributed by atoms with E-state index in [0.29, 0.717) is 19.6 Å². The van der Waals surface area contributed by atoms with Gasteiger partial charge in [0, 0.05) is 31.7 Å². The van der Waals surface area contributed by atoms with Crippen LogP contribution in [0.4, 0.5) is 4.39 Å². The molecule has 1 aliphatic rings. The summed E-state index contributed by atoms with van der Waals surface area (Å²) < 4.78 is 45.6. The maximum Gasteiger partial charge on any atom is 0.238 e. The van der Waals surface area contributed by atoms with Gasteiger partial charge in [0.15, 0.2) is 0 Å². The maximum atomic E-state index is 15.0. The molecule has 176 valence electrons. The molecule has 1 fully saturated rings. The van der Waals surface area contributed by atoms with E-state index in [1.54, 1.807) is 4.68 Å². The Morgan fingerprint density at radius 3 is 2.61 bits per heavy atom. The third-order valence-electron chi connectivity index (χ3n) is 5.88. The van der Waals surface area contributed by atoms with Crippen LogP contribution >= 0.6 is 0 Å². The summed E-state index contributed by atoms with van der Waals surface area (Å²) in [6.45, 7) is 7.09. The number of ether oxygens (including phenoxy) is 1. The van der Waals surface area contributed by atoms with Crippen LogP contribution in [0.25, 0.3) is 5.69 Å². The second kappa shape index (κ2) is 9.72. The standard InChI is InChI=1S/C24H29FN4O3S/c1-3-21-16-28(10-11-32-21)15-19-13-20(12-18-6-4-17(2)5-7-18)29(27-19)24-9-8-22(14-23(24)25)33(26,30)31/h4-9,13-14,21H,3,10-12,15-16H2,1-2H3,(H2,26,30,31). The first-order valence-electron chi connectivity index (χ1n) is 11.0. The van der Waals surface area contributed by atoms with Crippen LogP contribution in [0.2, 0.25) is 0 Å². The van der Waals surface area contributed by atoms with Gasteiger partial charge in [-0.25, -0.2) is 22.6 Å². The zero-order chi connectivity index (χ0) is 23.6. The number of benzene rings is 2. The monoisotopic (exact) mass is 472 g/mol. The molecule has 4 rings (SSSR count). The highest BCUT2D eigenvalue weighted by atomic mass is 32.2. The molecule has 0 bridgehead atoms. The molecule has 1 unspecified atom stereocenters. The molecular formula is C24H29FN4O3S. The zero-order valence-electron chi connectivity index (χ0n) is 18.9. The van der Waals surface area contributed by atoms with Crippen molar-refractivity contribution in [3.63, 3.8) is 0 Å². The summed E-state index contributed by atoms with van der Waals surface area (Å²) in [5, 5.41) is 9.86. The van der Waals surface area contributed by atoms with E-state index in [1.807, 2.05) is 37.3 Å². The number of halogens is 1. The van der Waals surface area contributed by atoms with Crippen LogP contribution in [0.1, 0.15) is 35.9 Å². The van der Waals surface area contributed by atoms with Gasteiger partial charge < -0.3 is 4.74 Å². The first kappa shape index (κ1) is 23.6. The van der Waals surface area contributed by atoms with Crippen LogP contribution in [0, 0.1) is 12.7 Å². The summed E-state index contributed by atoms with van der Waals surface area (Å²) in [5.74, 6) is -0.696. The molecule has 0 spiro atoms. The molecule has 1 aliphatic heterocycles. The molecule has 1 atom stereocenters. The third kappa shape index (κ3) is 5.67. The average Bonchev–Trinajstić information content (AvgIpc) is 3.16. The van der Waals surface area contributed by atoms with Crippen molar-refractivity contribution >= 4 is 10.0 Å². The number of aromatic nitrogens is 2. The lowest BCUT2D eigenvalue weighted by Crippen LogP contribution is -2.41. The van der Waals surface area contributed by atoms with Crippen LogP contribution in [0.3, 0.4) is 0 Å². The summed E-state index contributed by atoms with van der Waals surface area (Å²) in [5.41, 5.74) is 4.06. The number of aryl methyl sites for hydroxylation is 1. The Balaban J connectivity index is 1.68. The lowest BCUT2D eigenvalue weighted by molar-refractivity contribution is -0.0328. The molecular weight excluding hydrogens is 443 g/mol. The van der Waals surface area contributed by atoms with Gasteiger partial charge in [0.25, 0.3) is 0 Å². The van der Waals surface area contributed by atoms with Gasteiger partial charge in [0.1, 0.15) is 11.5 Å². The highest BCUT2D eigenvalue weighted by Crippen LogP contribution is 2.23. The van der Waals surface area contributed by atoms with E-state index in [0.717, 1.165) is 48.1 Å². The predicted molar refractivity (Wildman–Crippen MR) is 124 cm³/mol. The van der Waals surface area contributed by atoms with Crippen LogP contribution < -0.4 is 5.14 Å². The summed E-state index contributed by atoms with van der Waals surface area (Å²) >= 11 is 0. The van der Waals surface area contributed by atoms with Crippen molar-refractivity contribution in [2.75, 3.05) is 19.7 Å². The number of primary sulfonamides is 1. The molecule has 3 aromatic rings. The minimum Gasteiger partial charge on any atom is -0.376 e. The fourth-order valence-corrected chi connectivity index (χ4v) is 4.56. The molecule has 0 radical (unpaired) electrons. The molecule has 33 heavy (non-hydrogen) atoms. The van der Waals surface area contributed by atoms with Crippen molar-refractivity contribution in [2.24, 2.45) is 5.14 Å². The molecule has 0 saturated carbocycles. The first-order valence-corrected chi connectivity index (χ1v) is 12.6. The van der Waals surface area contributed by atoms with Gasteiger partial charge in [-0.2, -0.15) is 5.10 Å². The smallest absolute Gasteiger partial charge is 0.238 e. The van der Waals surface area contributed by atoms with E-state index in [4.69, 9.17) is 15.0 Å². The van der Waals surface area contributed by atoms with Gasteiger partial charge >= 0.3 is 0 Å². The highest BCUT2D eigenvalue weighted by Gasteiger charge is 2.22. The van der Waals surface area contributed by atoms with E-state index in [9.17, 15) is 12.8 Å². The second-order valence-electron chi connectivity index (χ2n) is 8.50. The molecule has 0 aliphatic carbocycles. The maximum absolute atomic E-state index is 15.0. The Bertz CT molecular complexity index is 1230. The van der Waals surface area contributed by atoms with Crippen LogP contribution in [-0.2, 0) is 27.7 Å². The van der Waals surface area contributed by atoms with Crippen LogP contribution in [0.5, 0.6) is 0 Å². The number of nitrogens with zero attached hydrogens (tertiary/aromatic N) is 3. The number of sulfonamides is 1. The van der Waals surface area contributed by atoms with Gasteiger partial charge in [-0.05, 0) is 43.2 Å². The molecule has 2 N–H and O–H groups in total. The Kier molecular flexibility index (Phi) is 6.94. The molecule has 1 saturated heterocycles. The van der Waals surface area contributed by atoms with Gasteiger partial charge in [-0.15, -0.1) is 0 Å². The number of morpholine rings is 1. The summed E-state index contributed by atoms with van der Waals surface area (Å²) in [6.07, 6.45) is 1.71. The minimum atomic E-state index is -4.00. The average molecular weight is 473 g/mol. The van der Waals surface area contributed by atoms with Gasteiger partial charge in [0.05, 0.1) is 23.3 Å². The van der Waals surface area contributed by atoms with Gasteiger partial charge in [-0.3, -0.25) is 4.90 Å². The molecule has 0 amide bonds. The topological polar surface area (TPSA) is 90.5 Å². The van der Waals surface area contributed by atoms with Crippen LogP contribution in [0.15, 0.2) is 53.4 Å². The van der Waals surface area contributed by atoms with Crippen LogP contribution in [-0.4, -0.2) is 48.9 Å². The van der Waals surface area contributed by atoms with Gasteiger partial charge in [0.2, 0.25) is 10.0 Å². The van der Waals surface area contributed by atoms with E-state index in [-0.39, 0.29) is 16.7 Å². The number of nitrogens with two attached hydrogens (primary N) is 1. The van der Waals surface area contributed by atoms with Crippen molar-refractivity contribution in [1.82, 2.24) is 14.7 Å².